The molecule has 0 radical (unpaired) electrons. The highest BCUT2D eigenvalue weighted by molar-refractivity contribution is 5.89. The topological polar surface area (TPSA) is 103 Å². The number of aromatic nitrogens is 3. The van der Waals surface area contributed by atoms with Crippen molar-refractivity contribution in [3.63, 3.8) is 0 Å². The summed E-state index contributed by atoms with van der Waals surface area (Å²) < 4.78 is 0. The first-order valence-electron chi connectivity index (χ1n) is 9.31. The Bertz CT molecular complexity index is 659. The summed E-state index contributed by atoms with van der Waals surface area (Å²) in [6.07, 6.45) is 4.17. The summed E-state index contributed by atoms with van der Waals surface area (Å²) in [7, 11) is 0. The van der Waals surface area contributed by atoms with Crippen molar-refractivity contribution in [2.75, 3.05) is 19.6 Å². The summed E-state index contributed by atoms with van der Waals surface area (Å²) in [5.41, 5.74) is 0. The van der Waals surface area contributed by atoms with Gasteiger partial charge in [0.25, 0.3) is 0 Å². The molecule has 3 saturated heterocycles. The highest BCUT2D eigenvalue weighted by atomic mass is 16.2. The number of hydrogen-bond acceptors (Lipinski definition) is 5. The maximum absolute atomic E-state index is 12.9. The number of hydrogen-bond donors (Lipinski definition) is 3. The van der Waals surface area contributed by atoms with Gasteiger partial charge in [-0.3, -0.25) is 14.7 Å². The fourth-order valence-electron chi connectivity index (χ4n) is 4.75. The summed E-state index contributed by atoms with van der Waals surface area (Å²) >= 11 is 0. The van der Waals surface area contributed by atoms with Gasteiger partial charge in [-0.1, -0.05) is 0 Å². The number of aryl methyl sites for hydroxylation is 1. The van der Waals surface area contributed by atoms with Crippen LogP contribution in [-0.4, -0.2) is 63.6 Å². The number of carbonyl (C=O) groups excluding carboxylic acids is 2. The van der Waals surface area contributed by atoms with Crippen LogP contribution in [0.15, 0.2) is 0 Å². The Morgan fingerprint density at radius 1 is 1.36 bits per heavy atom. The molecule has 0 aliphatic carbocycles. The summed E-state index contributed by atoms with van der Waals surface area (Å²) in [6, 6.07) is -0.118. The van der Waals surface area contributed by atoms with E-state index in [0.717, 1.165) is 38.2 Å². The minimum Gasteiger partial charge on any atom is -0.354 e. The zero-order valence-corrected chi connectivity index (χ0v) is 14.6. The smallest absolute Gasteiger partial charge is 0.243 e. The van der Waals surface area contributed by atoms with E-state index in [9.17, 15) is 9.59 Å². The zero-order valence-electron chi connectivity index (χ0n) is 14.6. The maximum Gasteiger partial charge on any atom is 0.243 e. The van der Waals surface area contributed by atoms with Crippen LogP contribution >= 0.6 is 0 Å². The molecule has 4 rings (SSSR count). The normalized spacial score (nSPS) is 31.6. The van der Waals surface area contributed by atoms with E-state index in [1.54, 1.807) is 0 Å². The Labute approximate surface area is 147 Å². The van der Waals surface area contributed by atoms with Crippen LogP contribution < -0.4 is 10.6 Å². The predicted molar refractivity (Wildman–Crippen MR) is 90.6 cm³/mol. The van der Waals surface area contributed by atoms with Gasteiger partial charge in [0.2, 0.25) is 11.8 Å². The minimum atomic E-state index is -0.337. The van der Waals surface area contributed by atoms with Crippen molar-refractivity contribution in [2.45, 2.75) is 51.1 Å². The molecule has 2 amide bonds. The molecule has 0 saturated carbocycles. The zero-order chi connectivity index (χ0) is 17.4. The molecule has 4 heterocycles. The molecule has 4 atom stereocenters. The molecule has 0 spiro atoms. The van der Waals surface area contributed by atoms with Crippen LogP contribution in [0.25, 0.3) is 0 Å². The van der Waals surface area contributed by atoms with Crippen molar-refractivity contribution in [3.05, 3.63) is 11.6 Å². The number of nitrogens with one attached hydrogen (secondary N) is 3. The SMILES string of the molecule is Cc1nc(CCNC(=O)[C@H]2[C@@H]3CNC[C@@H](C3)[C@@H]3CCCC(=O)N32)n[nH]1. The molecule has 3 fully saturated rings. The van der Waals surface area contributed by atoms with Crippen molar-refractivity contribution >= 4 is 11.8 Å². The molecule has 3 N–H and O–H groups in total. The van der Waals surface area contributed by atoms with Gasteiger partial charge in [-0.2, -0.15) is 5.10 Å². The molecular formula is C17H26N6O2. The van der Waals surface area contributed by atoms with Gasteiger partial charge in [0.15, 0.2) is 5.82 Å². The lowest BCUT2D eigenvalue weighted by molar-refractivity contribution is -0.157. The van der Waals surface area contributed by atoms with Crippen LogP contribution in [0.3, 0.4) is 0 Å². The van der Waals surface area contributed by atoms with Crippen molar-refractivity contribution in [3.8, 4) is 0 Å². The van der Waals surface area contributed by atoms with Crippen molar-refractivity contribution in [1.82, 2.24) is 30.7 Å². The molecule has 0 aromatic carbocycles. The van der Waals surface area contributed by atoms with E-state index >= 15 is 0 Å². The second-order valence-corrected chi connectivity index (χ2v) is 7.50. The lowest BCUT2D eigenvalue weighted by Gasteiger charge is -2.53. The van der Waals surface area contributed by atoms with Gasteiger partial charge in [-0.15, -0.1) is 0 Å². The van der Waals surface area contributed by atoms with E-state index in [1.807, 2.05) is 11.8 Å². The van der Waals surface area contributed by atoms with Crippen LogP contribution in [-0.2, 0) is 16.0 Å². The first-order valence-corrected chi connectivity index (χ1v) is 9.31. The third-order valence-corrected chi connectivity index (χ3v) is 5.80. The van der Waals surface area contributed by atoms with E-state index < -0.39 is 0 Å². The molecule has 8 nitrogen and oxygen atoms in total. The fourth-order valence-corrected chi connectivity index (χ4v) is 4.75. The summed E-state index contributed by atoms with van der Waals surface area (Å²) in [5.74, 6) is 2.30. The van der Waals surface area contributed by atoms with Crippen LogP contribution in [0.5, 0.6) is 0 Å². The molecule has 136 valence electrons. The number of carbonyl (C=O) groups is 2. The van der Waals surface area contributed by atoms with E-state index in [-0.39, 0.29) is 29.8 Å². The van der Waals surface area contributed by atoms with Crippen molar-refractivity contribution in [2.24, 2.45) is 11.8 Å². The second kappa shape index (κ2) is 6.74. The van der Waals surface area contributed by atoms with Crippen molar-refractivity contribution in [1.29, 1.82) is 0 Å². The van der Waals surface area contributed by atoms with Gasteiger partial charge in [-0.25, -0.2) is 4.98 Å². The van der Waals surface area contributed by atoms with E-state index in [0.29, 0.717) is 31.1 Å². The van der Waals surface area contributed by atoms with Gasteiger partial charge in [0.05, 0.1) is 0 Å². The molecule has 1 aromatic heterocycles. The largest absolute Gasteiger partial charge is 0.354 e. The number of aromatic amines is 1. The van der Waals surface area contributed by atoms with Crippen LogP contribution in [0.4, 0.5) is 0 Å². The number of amides is 2. The van der Waals surface area contributed by atoms with Gasteiger partial charge in [0.1, 0.15) is 11.9 Å². The fraction of sp³-hybridized carbons (Fsp3) is 0.765. The average molecular weight is 346 g/mol. The second-order valence-electron chi connectivity index (χ2n) is 7.50. The molecule has 8 heteroatoms. The summed E-state index contributed by atoms with van der Waals surface area (Å²) in [6.45, 7) is 4.11. The molecule has 0 unspecified atom stereocenters. The first kappa shape index (κ1) is 16.5. The molecule has 1 aromatic rings. The summed E-state index contributed by atoms with van der Waals surface area (Å²) in [5, 5.41) is 13.4. The highest BCUT2D eigenvalue weighted by Crippen LogP contribution is 2.39. The Morgan fingerprint density at radius 3 is 3.00 bits per heavy atom. The molecule has 25 heavy (non-hydrogen) atoms. The van der Waals surface area contributed by atoms with Gasteiger partial charge < -0.3 is 15.5 Å². The van der Waals surface area contributed by atoms with Crippen LogP contribution in [0.1, 0.15) is 37.3 Å². The lowest BCUT2D eigenvalue weighted by atomic mass is 9.72. The molecule has 3 aliphatic rings. The predicted octanol–water partition coefficient (Wildman–Crippen LogP) is -0.239. The van der Waals surface area contributed by atoms with Gasteiger partial charge >= 0.3 is 0 Å². The number of piperidine rings is 3. The number of rotatable bonds is 4. The third-order valence-electron chi connectivity index (χ3n) is 5.80. The van der Waals surface area contributed by atoms with Gasteiger partial charge in [0, 0.05) is 37.9 Å². The Kier molecular flexibility index (Phi) is 4.45. The molecule has 3 aliphatic heterocycles. The van der Waals surface area contributed by atoms with E-state index in [1.165, 1.54) is 0 Å². The van der Waals surface area contributed by atoms with E-state index in [4.69, 9.17) is 0 Å². The van der Waals surface area contributed by atoms with Crippen LogP contribution in [0.2, 0.25) is 0 Å². The first-order chi connectivity index (χ1) is 12.1. The average Bonchev–Trinajstić information content (AvgIpc) is 3.01. The Hall–Kier alpha value is -1.96. The summed E-state index contributed by atoms with van der Waals surface area (Å²) in [4.78, 5) is 31.7. The quantitative estimate of drug-likeness (QED) is 0.698. The minimum absolute atomic E-state index is 0.0281. The van der Waals surface area contributed by atoms with Crippen LogP contribution in [0, 0.1) is 18.8 Å². The lowest BCUT2D eigenvalue weighted by Crippen LogP contribution is -2.68. The monoisotopic (exact) mass is 346 g/mol. The maximum atomic E-state index is 12.9. The number of nitrogens with zero attached hydrogens (tertiary/aromatic N) is 3. The number of H-pyrrole nitrogens is 1. The Morgan fingerprint density at radius 2 is 2.20 bits per heavy atom. The van der Waals surface area contributed by atoms with Gasteiger partial charge in [-0.05, 0) is 38.6 Å². The third kappa shape index (κ3) is 3.15. The van der Waals surface area contributed by atoms with E-state index in [2.05, 4.69) is 25.8 Å². The molecule has 2 bridgehead atoms. The standard InChI is InChI=1S/C17H26N6O2/c1-10-20-14(22-21-10)5-6-19-17(25)16-12-7-11(8-18-9-12)13-3-2-4-15(24)23(13)16/h11-13,16,18H,2-9H2,1H3,(H,19,25)(H,20,21,22)/t11-,12+,13+,16-/m1/s1. The highest BCUT2D eigenvalue weighted by Gasteiger charge is 2.50. The van der Waals surface area contributed by atoms with Crippen molar-refractivity contribution < 1.29 is 9.59 Å². The Balaban J connectivity index is 1.44. The molecular weight excluding hydrogens is 320 g/mol. The number of fused-ring (bicyclic) bond motifs is 4.